The molecule has 2 heterocycles. The van der Waals surface area contributed by atoms with Crippen LogP contribution in [0.1, 0.15) is 17.2 Å². The largest absolute Gasteiger partial charge is 0.335 e. The Morgan fingerprint density at radius 1 is 1.07 bits per heavy atom. The summed E-state index contributed by atoms with van der Waals surface area (Å²) in [4.78, 5) is 15.4. The van der Waals surface area contributed by atoms with E-state index in [-0.39, 0.29) is 16.8 Å². The first-order chi connectivity index (χ1) is 12.9. The van der Waals surface area contributed by atoms with Gasteiger partial charge in [0.2, 0.25) is 5.91 Å². The molecule has 2 fully saturated rings. The molecule has 0 spiro atoms. The van der Waals surface area contributed by atoms with Gasteiger partial charge in [0.1, 0.15) is 0 Å². The van der Waals surface area contributed by atoms with Crippen LogP contribution in [0, 0.1) is 11.8 Å². The maximum absolute atomic E-state index is 13.1. The Morgan fingerprint density at radius 2 is 1.78 bits per heavy atom. The van der Waals surface area contributed by atoms with Crippen LogP contribution in [-0.2, 0) is 21.1 Å². The number of rotatable bonds is 4. The number of likely N-dealkylation sites (tertiary alicyclic amines) is 1. The van der Waals surface area contributed by atoms with Crippen molar-refractivity contribution in [2.45, 2.75) is 17.4 Å². The highest BCUT2D eigenvalue weighted by Gasteiger charge is 2.46. The molecule has 1 amide bonds. The van der Waals surface area contributed by atoms with Gasteiger partial charge >= 0.3 is 0 Å². The number of sulfone groups is 1. The van der Waals surface area contributed by atoms with E-state index < -0.39 is 9.84 Å². The van der Waals surface area contributed by atoms with Crippen molar-refractivity contribution in [3.8, 4) is 0 Å². The average molecular weight is 385 g/mol. The van der Waals surface area contributed by atoms with Crippen molar-refractivity contribution in [2.75, 3.05) is 25.9 Å². The molecule has 0 unspecified atom stereocenters. The lowest BCUT2D eigenvalue weighted by Gasteiger charge is -2.28. The number of benzene rings is 2. The number of nitrogens with zero attached hydrogens (tertiary/aromatic N) is 1. The number of nitrogens with one attached hydrogen (secondary N) is 1. The highest BCUT2D eigenvalue weighted by atomic mass is 32.2. The smallest absolute Gasteiger partial charge is 0.227 e. The van der Waals surface area contributed by atoms with E-state index in [4.69, 9.17) is 0 Å². The SMILES string of the molecule is CS(=O)(=O)c1ccc(CC(=O)N2C[C@@H]3CNC[C@@H]3[C@@H]2c2ccccc2)cc1. The van der Waals surface area contributed by atoms with Gasteiger partial charge < -0.3 is 10.2 Å². The van der Waals surface area contributed by atoms with E-state index >= 15 is 0 Å². The van der Waals surface area contributed by atoms with Gasteiger partial charge in [-0.1, -0.05) is 42.5 Å². The van der Waals surface area contributed by atoms with Crippen molar-refractivity contribution in [3.05, 3.63) is 65.7 Å². The molecule has 3 atom stereocenters. The fraction of sp³-hybridized carbons (Fsp3) is 0.381. The number of carbonyl (C=O) groups excluding carboxylic acids is 1. The molecule has 27 heavy (non-hydrogen) atoms. The monoisotopic (exact) mass is 384 g/mol. The van der Waals surface area contributed by atoms with Crippen LogP contribution in [0.15, 0.2) is 59.5 Å². The minimum absolute atomic E-state index is 0.102. The van der Waals surface area contributed by atoms with E-state index in [0.717, 1.165) is 25.2 Å². The van der Waals surface area contributed by atoms with Crippen LogP contribution in [0.2, 0.25) is 0 Å². The first-order valence-corrected chi connectivity index (χ1v) is 11.2. The van der Waals surface area contributed by atoms with Gasteiger partial charge in [-0.3, -0.25) is 4.79 Å². The highest BCUT2D eigenvalue weighted by Crippen LogP contribution is 2.42. The average Bonchev–Trinajstić information content (AvgIpc) is 3.23. The maximum atomic E-state index is 13.1. The highest BCUT2D eigenvalue weighted by molar-refractivity contribution is 7.90. The van der Waals surface area contributed by atoms with Crippen LogP contribution < -0.4 is 5.32 Å². The van der Waals surface area contributed by atoms with E-state index in [1.165, 1.54) is 11.8 Å². The van der Waals surface area contributed by atoms with Crippen LogP contribution in [0.5, 0.6) is 0 Å². The third-order valence-corrected chi connectivity index (χ3v) is 6.86. The van der Waals surface area contributed by atoms with Crippen LogP contribution in [0.4, 0.5) is 0 Å². The van der Waals surface area contributed by atoms with Gasteiger partial charge in [-0.05, 0) is 29.2 Å². The Hall–Kier alpha value is -2.18. The van der Waals surface area contributed by atoms with E-state index in [1.54, 1.807) is 24.3 Å². The quantitative estimate of drug-likeness (QED) is 0.876. The third-order valence-electron chi connectivity index (χ3n) is 5.73. The summed E-state index contributed by atoms with van der Waals surface area (Å²) in [7, 11) is -3.22. The summed E-state index contributed by atoms with van der Waals surface area (Å²) in [5.74, 6) is 1.04. The van der Waals surface area contributed by atoms with Crippen molar-refractivity contribution in [1.82, 2.24) is 10.2 Å². The zero-order chi connectivity index (χ0) is 19.0. The summed E-state index contributed by atoms with van der Waals surface area (Å²) in [5.41, 5.74) is 2.03. The molecule has 0 radical (unpaired) electrons. The predicted molar refractivity (Wildman–Crippen MR) is 104 cm³/mol. The second-order valence-electron chi connectivity index (χ2n) is 7.58. The number of amides is 1. The van der Waals surface area contributed by atoms with E-state index in [1.807, 2.05) is 23.1 Å². The fourth-order valence-electron chi connectivity index (χ4n) is 4.39. The van der Waals surface area contributed by atoms with Gasteiger partial charge in [0, 0.05) is 31.8 Å². The van der Waals surface area contributed by atoms with Crippen LogP contribution in [0.3, 0.4) is 0 Å². The molecular weight excluding hydrogens is 360 g/mol. The Kier molecular flexibility index (Phi) is 4.78. The summed E-state index contributed by atoms with van der Waals surface area (Å²) >= 11 is 0. The van der Waals surface area contributed by atoms with E-state index in [2.05, 4.69) is 17.4 Å². The normalized spacial score (nSPS) is 24.8. The second-order valence-corrected chi connectivity index (χ2v) is 9.59. The summed E-state index contributed by atoms with van der Waals surface area (Å²) in [6, 6.07) is 17.0. The summed E-state index contributed by atoms with van der Waals surface area (Å²) < 4.78 is 23.2. The standard InChI is InChI=1S/C21H24N2O3S/c1-27(25,26)18-9-7-15(8-10-18)11-20(24)23-14-17-12-22-13-19(17)21(23)16-5-3-2-4-6-16/h2-10,17,19,21-22H,11-14H2,1H3/t17-,19-,21-/m0/s1. The molecule has 142 valence electrons. The molecule has 2 aliphatic rings. The minimum Gasteiger partial charge on any atom is -0.335 e. The van der Waals surface area contributed by atoms with Crippen molar-refractivity contribution in [1.29, 1.82) is 0 Å². The molecule has 4 rings (SSSR count). The van der Waals surface area contributed by atoms with Gasteiger partial charge in [-0.15, -0.1) is 0 Å². The third kappa shape index (κ3) is 3.64. The van der Waals surface area contributed by atoms with Crippen LogP contribution in [-0.4, -0.2) is 45.1 Å². The Bertz CT molecular complexity index is 926. The van der Waals surface area contributed by atoms with Gasteiger partial charge in [-0.2, -0.15) is 0 Å². The van der Waals surface area contributed by atoms with Gasteiger partial charge in [-0.25, -0.2) is 8.42 Å². The summed E-state index contributed by atoms with van der Waals surface area (Å²) in [6.45, 7) is 2.68. The van der Waals surface area contributed by atoms with Gasteiger partial charge in [0.05, 0.1) is 17.4 Å². The molecule has 0 bridgehead atoms. The van der Waals surface area contributed by atoms with Crippen molar-refractivity contribution >= 4 is 15.7 Å². The van der Waals surface area contributed by atoms with Gasteiger partial charge in [0.15, 0.2) is 9.84 Å². The molecule has 2 saturated heterocycles. The Labute approximate surface area is 160 Å². The fourth-order valence-corrected chi connectivity index (χ4v) is 5.02. The molecule has 2 aromatic carbocycles. The second kappa shape index (κ2) is 7.09. The number of hydrogen-bond acceptors (Lipinski definition) is 4. The zero-order valence-corrected chi connectivity index (χ0v) is 16.2. The molecular formula is C21H24N2O3S. The molecule has 2 aromatic rings. The predicted octanol–water partition coefficient (Wildman–Crippen LogP) is 2.05. The van der Waals surface area contributed by atoms with Gasteiger partial charge in [0.25, 0.3) is 0 Å². The Morgan fingerprint density at radius 3 is 2.44 bits per heavy atom. The summed E-state index contributed by atoms with van der Waals surface area (Å²) in [5, 5.41) is 3.46. The molecule has 0 saturated carbocycles. The molecule has 0 aromatic heterocycles. The topological polar surface area (TPSA) is 66.5 Å². The number of fused-ring (bicyclic) bond motifs is 1. The molecule has 2 aliphatic heterocycles. The van der Waals surface area contributed by atoms with Crippen molar-refractivity contribution in [2.24, 2.45) is 11.8 Å². The van der Waals surface area contributed by atoms with Crippen molar-refractivity contribution < 1.29 is 13.2 Å². The van der Waals surface area contributed by atoms with Crippen LogP contribution >= 0.6 is 0 Å². The number of hydrogen-bond donors (Lipinski definition) is 1. The lowest BCUT2D eigenvalue weighted by molar-refractivity contribution is -0.131. The first-order valence-electron chi connectivity index (χ1n) is 9.27. The molecule has 1 N–H and O–H groups in total. The lowest BCUT2D eigenvalue weighted by atomic mass is 9.89. The van der Waals surface area contributed by atoms with E-state index in [9.17, 15) is 13.2 Å². The first kappa shape index (κ1) is 18.2. The lowest BCUT2D eigenvalue weighted by Crippen LogP contribution is -2.35. The zero-order valence-electron chi connectivity index (χ0n) is 15.3. The van der Waals surface area contributed by atoms with Crippen molar-refractivity contribution in [3.63, 3.8) is 0 Å². The van der Waals surface area contributed by atoms with E-state index in [0.29, 0.717) is 18.3 Å². The molecule has 6 heteroatoms. The van der Waals surface area contributed by atoms with Crippen LogP contribution in [0.25, 0.3) is 0 Å². The number of carbonyl (C=O) groups is 1. The Balaban J connectivity index is 1.55. The maximum Gasteiger partial charge on any atom is 0.227 e. The minimum atomic E-state index is -3.22. The molecule has 0 aliphatic carbocycles. The summed E-state index contributed by atoms with van der Waals surface area (Å²) in [6.07, 6.45) is 1.48. The molecule has 5 nitrogen and oxygen atoms in total.